The number of nitrogens with zero attached hydrogens (tertiary/aromatic N) is 6. The third kappa shape index (κ3) is 5.87. The predicted octanol–water partition coefficient (Wildman–Crippen LogP) is 2.90. The Kier molecular flexibility index (Phi) is 7.92. The number of carbonyl (C=O) groups excluding carboxylic acids is 1. The van der Waals surface area contributed by atoms with Crippen molar-refractivity contribution in [3.05, 3.63) is 42.6 Å². The number of imidazole rings is 1. The Morgan fingerprint density at radius 1 is 1.05 bits per heavy atom. The number of benzene rings is 1. The normalized spacial score (nSPS) is 15.7. The molecule has 4 aromatic rings. The van der Waals surface area contributed by atoms with Crippen LogP contribution in [0.5, 0.6) is 17.4 Å². The molecule has 41 heavy (non-hydrogen) atoms. The number of anilines is 1. The predicted molar refractivity (Wildman–Crippen MR) is 152 cm³/mol. The van der Waals surface area contributed by atoms with Gasteiger partial charge in [0.2, 0.25) is 21.8 Å². The van der Waals surface area contributed by atoms with E-state index in [-0.39, 0.29) is 41.1 Å². The van der Waals surface area contributed by atoms with Gasteiger partial charge >= 0.3 is 0 Å². The number of likely N-dealkylation sites (tertiary alicyclic amines) is 1. The molecule has 1 N–H and O–H groups in total. The van der Waals surface area contributed by atoms with Crippen molar-refractivity contribution in [3.63, 3.8) is 0 Å². The highest BCUT2D eigenvalue weighted by Gasteiger charge is 2.29. The molecule has 1 aliphatic rings. The van der Waals surface area contributed by atoms with Gasteiger partial charge in [0.25, 0.3) is 0 Å². The van der Waals surface area contributed by atoms with E-state index in [1.165, 1.54) is 20.4 Å². The number of para-hydroxylation sites is 1. The van der Waals surface area contributed by atoms with Crippen molar-refractivity contribution in [2.45, 2.75) is 19.8 Å². The fourth-order valence-electron chi connectivity index (χ4n) is 4.76. The fourth-order valence-corrected chi connectivity index (χ4v) is 6.17. The smallest absolute Gasteiger partial charge is 0.234 e. The summed E-state index contributed by atoms with van der Waals surface area (Å²) in [6.45, 7) is 2.82. The number of amides is 1. The number of methoxy groups -OCH3 is 2. The average Bonchev–Trinajstić information content (AvgIpc) is 3.33. The topological polar surface area (TPSA) is 151 Å². The Balaban J connectivity index is 1.61. The van der Waals surface area contributed by atoms with Crippen molar-refractivity contribution in [1.82, 2.24) is 29.4 Å². The lowest BCUT2D eigenvalue weighted by Crippen LogP contribution is -2.38. The van der Waals surface area contributed by atoms with Crippen molar-refractivity contribution >= 4 is 33.0 Å². The summed E-state index contributed by atoms with van der Waals surface area (Å²) in [4.78, 5) is 32.0. The molecular weight excluding hydrogens is 550 g/mol. The van der Waals surface area contributed by atoms with Gasteiger partial charge in [0, 0.05) is 26.1 Å². The van der Waals surface area contributed by atoms with Gasteiger partial charge < -0.3 is 19.1 Å². The number of piperidine rings is 1. The molecule has 1 aliphatic heterocycles. The lowest BCUT2D eigenvalue weighted by atomic mass is 9.99. The number of ether oxygens (including phenoxy) is 3. The maximum atomic E-state index is 13.1. The van der Waals surface area contributed by atoms with Gasteiger partial charge in [0.1, 0.15) is 22.9 Å². The number of nitrogens with one attached hydrogen (secondary N) is 1. The van der Waals surface area contributed by atoms with E-state index in [1.54, 1.807) is 52.9 Å². The molecule has 1 atom stereocenters. The number of aromatic nitrogens is 5. The first kappa shape index (κ1) is 28.1. The number of rotatable bonds is 10. The summed E-state index contributed by atoms with van der Waals surface area (Å²) in [5.74, 6) is 1.16. The van der Waals surface area contributed by atoms with E-state index in [1.807, 2.05) is 6.92 Å². The molecule has 216 valence electrons. The molecule has 0 aliphatic carbocycles. The van der Waals surface area contributed by atoms with Crippen LogP contribution in [0.2, 0.25) is 0 Å². The lowest BCUT2D eigenvalue weighted by Gasteiger charge is -2.28. The molecule has 4 heterocycles. The molecule has 1 fully saturated rings. The van der Waals surface area contributed by atoms with E-state index < -0.39 is 10.0 Å². The summed E-state index contributed by atoms with van der Waals surface area (Å²) in [7, 11) is 0.943. The van der Waals surface area contributed by atoms with Gasteiger partial charge in [0.15, 0.2) is 22.9 Å². The minimum Gasteiger partial charge on any atom is -0.494 e. The van der Waals surface area contributed by atoms with Crippen LogP contribution in [0.25, 0.3) is 28.5 Å². The van der Waals surface area contributed by atoms with E-state index >= 15 is 0 Å². The van der Waals surface area contributed by atoms with Crippen molar-refractivity contribution in [2.75, 3.05) is 44.9 Å². The lowest BCUT2D eigenvalue weighted by molar-refractivity contribution is -0.133. The highest BCUT2D eigenvalue weighted by Crippen LogP contribution is 2.38. The van der Waals surface area contributed by atoms with Gasteiger partial charge in [-0.3, -0.25) is 14.1 Å². The van der Waals surface area contributed by atoms with E-state index in [4.69, 9.17) is 19.2 Å². The van der Waals surface area contributed by atoms with E-state index in [9.17, 15) is 13.2 Å². The van der Waals surface area contributed by atoms with Gasteiger partial charge in [-0.1, -0.05) is 12.1 Å². The Hall–Kier alpha value is -4.46. The van der Waals surface area contributed by atoms with Crippen LogP contribution in [0.15, 0.2) is 42.6 Å². The summed E-state index contributed by atoms with van der Waals surface area (Å²) < 4.78 is 47.3. The van der Waals surface area contributed by atoms with Crippen molar-refractivity contribution in [3.8, 4) is 34.6 Å². The summed E-state index contributed by atoms with van der Waals surface area (Å²) in [6, 6.07) is 10.6. The third-order valence-electron chi connectivity index (χ3n) is 6.72. The van der Waals surface area contributed by atoms with Crippen molar-refractivity contribution in [1.29, 1.82) is 0 Å². The van der Waals surface area contributed by atoms with Gasteiger partial charge in [-0.2, -0.15) is 0 Å². The number of hydrogen-bond donors (Lipinski definition) is 1. The number of pyridine rings is 1. The molecule has 0 radical (unpaired) electrons. The van der Waals surface area contributed by atoms with Crippen molar-refractivity contribution in [2.24, 2.45) is 5.92 Å². The van der Waals surface area contributed by atoms with Gasteiger partial charge in [-0.05, 0) is 37.5 Å². The zero-order valence-corrected chi connectivity index (χ0v) is 24.0. The van der Waals surface area contributed by atoms with Gasteiger partial charge in [0.05, 0.1) is 32.8 Å². The molecule has 0 saturated carbocycles. The monoisotopic (exact) mass is 581 g/mol. The van der Waals surface area contributed by atoms with E-state index in [0.717, 1.165) is 0 Å². The van der Waals surface area contributed by atoms with Crippen LogP contribution >= 0.6 is 0 Å². The third-order valence-corrected chi connectivity index (χ3v) is 8.15. The first-order valence-corrected chi connectivity index (χ1v) is 14.7. The number of fused-ring (bicyclic) bond motifs is 1. The molecular formula is C27H31N7O6S. The molecule has 0 unspecified atom stereocenters. The van der Waals surface area contributed by atoms with Gasteiger partial charge in [-0.25, -0.2) is 28.4 Å². The minimum absolute atomic E-state index is 0.00865. The number of sulfonamides is 1. The highest BCUT2D eigenvalue weighted by atomic mass is 32.2. The SMILES string of the molecule is CCOc1cccc(-c2nc3ncc(NS(=O)(=O)C[C@H]4CCN(C)C(=O)C4)nc3n2-c2c(OC)cccc2OC)n1. The minimum atomic E-state index is -3.84. The zero-order valence-electron chi connectivity index (χ0n) is 23.2. The van der Waals surface area contributed by atoms with Crippen LogP contribution in [-0.2, 0) is 14.8 Å². The Morgan fingerprint density at radius 2 is 1.78 bits per heavy atom. The Labute approximate surface area is 237 Å². The second-order valence-corrected chi connectivity index (χ2v) is 11.3. The molecule has 5 rings (SSSR count). The quantitative estimate of drug-likeness (QED) is 0.296. The summed E-state index contributed by atoms with van der Waals surface area (Å²) in [6.07, 6.45) is 2.09. The second-order valence-electron chi connectivity index (χ2n) is 9.54. The number of hydrogen-bond acceptors (Lipinski definition) is 10. The van der Waals surface area contributed by atoms with Gasteiger partial charge in [-0.15, -0.1) is 0 Å². The van der Waals surface area contributed by atoms with Crippen LogP contribution in [0.3, 0.4) is 0 Å². The maximum Gasteiger partial charge on any atom is 0.234 e. The molecule has 1 amide bonds. The standard InChI is InChI=1S/C27H31N7O6S/c1-5-40-22-11-6-8-18(29-22)26-31-25-27(34(26)24-19(38-3)9-7-10-20(24)39-4)30-21(15-28-25)32-41(36,37)16-17-12-13-33(2)23(35)14-17/h6-11,15,17H,5,12-14,16H2,1-4H3,(H,30,32)/t17-/m0/s1. The zero-order chi connectivity index (χ0) is 29.1. The maximum absolute atomic E-state index is 13.1. The summed E-state index contributed by atoms with van der Waals surface area (Å²) in [5, 5.41) is 0. The molecule has 3 aromatic heterocycles. The van der Waals surface area contributed by atoms with E-state index in [2.05, 4.69) is 19.7 Å². The van der Waals surface area contributed by atoms with Crippen LogP contribution in [0, 0.1) is 5.92 Å². The molecule has 0 bridgehead atoms. The summed E-state index contributed by atoms with van der Waals surface area (Å²) >= 11 is 0. The van der Waals surface area contributed by atoms with Crippen LogP contribution in [0.4, 0.5) is 5.82 Å². The molecule has 1 saturated heterocycles. The number of carbonyl (C=O) groups is 1. The Bertz CT molecular complexity index is 1670. The van der Waals surface area contributed by atoms with Crippen LogP contribution in [0.1, 0.15) is 19.8 Å². The highest BCUT2D eigenvalue weighted by molar-refractivity contribution is 7.92. The first-order valence-electron chi connectivity index (χ1n) is 13.0. The Morgan fingerprint density at radius 3 is 2.46 bits per heavy atom. The van der Waals surface area contributed by atoms with Crippen molar-refractivity contribution < 1.29 is 27.4 Å². The van der Waals surface area contributed by atoms with Crippen LogP contribution < -0.4 is 18.9 Å². The second kappa shape index (κ2) is 11.6. The largest absolute Gasteiger partial charge is 0.494 e. The molecule has 13 nitrogen and oxygen atoms in total. The van der Waals surface area contributed by atoms with E-state index in [0.29, 0.717) is 54.2 Å². The fraction of sp³-hybridized carbons (Fsp3) is 0.370. The summed E-state index contributed by atoms with van der Waals surface area (Å²) in [5.41, 5.74) is 1.46. The first-order chi connectivity index (χ1) is 19.7. The molecule has 14 heteroatoms. The molecule has 1 aromatic carbocycles. The average molecular weight is 582 g/mol. The molecule has 0 spiro atoms. The van der Waals surface area contributed by atoms with Crippen LogP contribution in [-0.4, -0.2) is 83.9 Å².